The highest BCUT2D eigenvalue weighted by molar-refractivity contribution is 5.70. The first-order valence-corrected chi connectivity index (χ1v) is 4.11. The van der Waals surface area contributed by atoms with Crippen molar-refractivity contribution in [1.82, 2.24) is 0 Å². The van der Waals surface area contributed by atoms with Gasteiger partial charge in [0.05, 0.1) is 26.7 Å². The summed E-state index contributed by atoms with van der Waals surface area (Å²) in [7, 11) is 1.30. The number of aliphatic hydroxyl groups excluding tert-OH is 1. The van der Waals surface area contributed by atoms with Gasteiger partial charge in [-0.2, -0.15) is 0 Å². The third-order valence-corrected chi connectivity index (χ3v) is 1.30. The van der Waals surface area contributed by atoms with Crippen LogP contribution in [0, 0.1) is 0 Å². The Labute approximate surface area is 81.8 Å². The SMILES string of the molecule is COC(=O)CCOCCOC(=O)CO. The van der Waals surface area contributed by atoms with E-state index < -0.39 is 12.6 Å². The van der Waals surface area contributed by atoms with Crippen LogP contribution in [0.4, 0.5) is 0 Å². The number of hydrogen-bond acceptors (Lipinski definition) is 6. The standard InChI is InChI=1S/C8H14O6/c1-12-7(10)2-3-13-4-5-14-8(11)6-9/h9H,2-6H2,1H3. The molecule has 0 aromatic rings. The molecule has 0 saturated carbocycles. The van der Waals surface area contributed by atoms with Crippen LogP contribution >= 0.6 is 0 Å². The summed E-state index contributed by atoms with van der Waals surface area (Å²) in [6.07, 6.45) is 0.171. The molecular formula is C8H14O6. The van der Waals surface area contributed by atoms with Crippen molar-refractivity contribution in [2.24, 2.45) is 0 Å². The Kier molecular flexibility index (Phi) is 7.77. The normalized spacial score (nSPS) is 9.57. The highest BCUT2D eigenvalue weighted by Gasteiger charge is 2.00. The molecule has 6 nitrogen and oxygen atoms in total. The first kappa shape index (κ1) is 12.9. The monoisotopic (exact) mass is 206 g/mol. The number of carbonyl (C=O) groups is 2. The number of esters is 2. The van der Waals surface area contributed by atoms with E-state index in [1.54, 1.807) is 0 Å². The van der Waals surface area contributed by atoms with Crippen LogP contribution in [0.1, 0.15) is 6.42 Å². The molecule has 0 rings (SSSR count). The van der Waals surface area contributed by atoms with E-state index in [4.69, 9.17) is 9.84 Å². The number of hydrogen-bond donors (Lipinski definition) is 1. The molecule has 14 heavy (non-hydrogen) atoms. The van der Waals surface area contributed by atoms with Gasteiger partial charge in [0.1, 0.15) is 13.2 Å². The molecule has 1 N–H and O–H groups in total. The number of methoxy groups -OCH3 is 1. The highest BCUT2D eigenvalue weighted by Crippen LogP contribution is 1.86. The van der Waals surface area contributed by atoms with Crippen molar-refractivity contribution in [3.8, 4) is 0 Å². The Morgan fingerprint density at radius 2 is 1.86 bits per heavy atom. The number of rotatable bonds is 7. The summed E-state index contributed by atoms with van der Waals surface area (Å²) in [6, 6.07) is 0. The van der Waals surface area contributed by atoms with Gasteiger partial charge in [-0.1, -0.05) is 0 Å². The quantitative estimate of drug-likeness (QED) is 0.429. The van der Waals surface area contributed by atoms with E-state index >= 15 is 0 Å². The summed E-state index contributed by atoms with van der Waals surface area (Å²) in [5.74, 6) is -1.04. The molecule has 0 aromatic heterocycles. The molecule has 0 saturated heterocycles. The summed E-state index contributed by atoms with van der Waals surface area (Å²) < 4.78 is 13.8. The van der Waals surface area contributed by atoms with Gasteiger partial charge in [-0.3, -0.25) is 4.79 Å². The average Bonchev–Trinajstić information content (AvgIpc) is 2.22. The van der Waals surface area contributed by atoms with E-state index in [1.807, 2.05) is 0 Å². The second kappa shape index (κ2) is 8.46. The number of carbonyl (C=O) groups excluding carboxylic acids is 2. The van der Waals surface area contributed by atoms with Crippen LogP contribution in [0.5, 0.6) is 0 Å². The van der Waals surface area contributed by atoms with E-state index in [9.17, 15) is 9.59 Å². The van der Waals surface area contributed by atoms with Crippen molar-refractivity contribution in [2.45, 2.75) is 6.42 Å². The summed E-state index contributed by atoms with van der Waals surface area (Å²) >= 11 is 0. The van der Waals surface area contributed by atoms with Gasteiger partial charge >= 0.3 is 11.9 Å². The Morgan fingerprint density at radius 1 is 1.14 bits per heavy atom. The predicted molar refractivity (Wildman–Crippen MR) is 45.5 cm³/mol. The van der Waals surface area contributed by atoms with Gasteiger partial charge in [0, 0.05) is 0 Å². The number of aliphatic hydroxyl groups is 1. The molecule has 0 atom stereocenters. The molecule has 0 aliphatic carbocycles. The van der Waals surface area contributed by atoms with E-state index in [-0.39, 0.29) is 32.2 Å². The summed E-state index contributed by atoms with van der Waals surface area (Å²) in [6.45, 7) is -0.144. The summed E-state index contributed by atoms with van der Waals surface area (Å²) in [5, 5.41) is 8.27. The topological polar surface area (TPSA) is 82.1 Å². The minimum Gasteiger partial charge on any atom is -0.469 e. The van der Waals surface area contributed by atoms with Crippen molar-refractivity contribution in [3.05, 3.63) is 0 Å². The number of ether oxygens (including phenoxy) is 3. The fourth-order valence-corrected chi connectivity index (χ4v) is 0.620. The maximum Gasteiger partial charge on any atom is 0.331 e. The summed E-state index contributed by atoms with van der Waals surface area (Å²) in [4.78, 5) is 21.0. The smallest absolute Gasteiger partial charge is 0.331 e. The van der Waals surface area contributed by atoms with Crippen LogP contribution in [0.2, 0.25) is 0 Å². The van der Waals surface area contributed by atoms with Crippen molar-refractivity contribution >= 4 is 11.9 Å². The third-order valence-electron chi connectivity index (χ3n) is 1.30. The second-order valence-corrected chi connectivity index (χ2v) is 2.32. The lowest BCUT2D eigenvalue weighted by molar-refractivity contribution is -0.149. The molecule has 0 aliphatic rings. The average molecular weight is 206 g/mol. The van der Waals surface area contributed by atoms with Gasteiger partial charge in [-0.25, -0.2) is 4.79 Å². The van der Waals surface area contributed by atoms with Crippen LogP contribution in [0.25, 0.3) is 0 Å². The Morgan fingerprint density at radius 3 is 2.43 bits per heavy atom. The van der Waals surface area contributed by atoms with Gasteiger partial charge in [-0.15, -0.1) is 0 Å². The fraction of sp³-hybridized carbons (Fsp3) is 0.750. The third kappa shape index (κ3) is 7.51. The van der Waals surface area contributed by atoms with Gasteiger partial charge in [-0.05, 0) is 0 Å². The largest absolute Gasteiger partial charge is 0.469 e. The van der Waals surface area contributed by atoms with Gasteiger partial charge < -0.3 is 19.3 Å². The van der Waals surface area contributed by atoms with E-state index in [2.05, 4.69) is 9.47 Å². The molecule has 0 heterocycles. The van der Waals surface area contributed by atoms with E-state index in [1.165, 1.54) is 7.11 Å². The van der Waals surface area contributed by atoms with Crippen LogP contribution in [-0.2, 0) is 23.8 Å². The van der Waals surface area contributed by atoms with Crippen LogP contribution in [0.3, 0.4) is 0 Å². The molecule has 0 spiro atoms. The molecule has 6 heteroatoms. The maximum atomic E-state index is 10.6. The predicted octanol–water partition coefficient (Wildman–Crippen LogP) is -0.898. The minimum atomic E-state index is -0.693. The zero-order valence-electron chi connectivity index (χ0n) is 8.02. The van der Waals surface area contributed by atoms with E-state index in [0.29, 0.717) is 0 Å². The van der Waals surface area contributed by atoms with Crippen molar-refractivity contribution in [3.63, 3.8) is 0 Å². The van der Waals surface area contributed by atoms with Crippen LogP contribution in [0.15, 0.2) is 0 Å². The summed E-state index contributed by atoms with van der Waals surface area (Å²) in [5.41, 5.74) is 0. The van der Waals surface area contributed by atoms with Gasteiger partial charge in [0.15, 0.2) is 0 Å². The second-order valence-electron chi connectivity index (χ2n) is 2.32. The van der Waals surface area contributed by atoms with Crippen molar-refractivity contribution in [1.29, 1.82) is 0 Å². The molecule has 82 valence electrons. The molecule has 0 aromatic carbocycles. The van der Waals surface area contributed by atoms with Gasteiger partial charge in [0.25, 0.3) is 0 Å². The minimum absolute atomic E-state index is 0.0700. The lowest BCUT2D eigenvalue weighted by Crippen LogP contribution is -2.14. The first-order chi connectivity index (χ1) is 6.70. The lowest BCUT2D eigenvalue weighted by atomic mass is 10.5. The fourth-order valence-electron chi connectivity index (χ4n) is 0.620. The highest BCUT2D eigenvalue weighted by atomic mass is 16.6. The zero-order valence-corrected chi connectivity index (χ0v) is 8.02. The van der Waals surface area contributed by atoms with Crippen LogP contribution in [-0.4, -0.2) is 50.6 Å². The molecular weight excluding hydrogens is 192 g/mol. The molecule has 0 fully saturated rings. The van der Waals surface area contributed by atoms with E-state index in [0.717, 1.165) is 0 Å². The molecule has 0 bridgehead atoms. The first-order valence-electron chi connectivity index (χ1n) is 4.11. The molecule has 0 radical (unpaired) electrons. The maximum absolute atomic E-state index is 10.6. The Balaban J connectivity index is 3.14. The molecule has 0 unspecified atom stereocenters. The van der Waals surface area contributed by atoms with Crippen molar-refractivity contribution in [2.75, 3.05) is 33.5 Å². The van der Waals surface area contributed by atoms with Crippen molar-refractivity contribution < 1.29 is 28.9 Å². The van der Waals surface area contributed by atoms with Crippen LogP contribution < -0.4 is 0 Å². The van der Waals surface area contributed by atoms with Gasteiger partial charge in [0.2, 0.25) is 0 Å². The Hall–Kier alpha value is -1.14. The molecule has 0 amide bonds. The zero-order chi connectivity index (χ0) is 10.8. The Bertz CT molecular complexity index is 159. The molecule has 0 aliphatic heterocycles. The lowest BCUT2D eigenvalue weighted by Gasteiger charge is -2.03.